The molecule has 0 unspecified atom stereocenters. The standard InChI is InChI=1S/C22H26ClN3O/c1-2-14-3-5-18(6-4-14)25-19-13-24-26(21(27)20(19)23)22-10-15-7-16(11-22)9-17(8-15)12-22/h3-6,13,15-17,25H,2,7-12H2,1H3. The van der Waals surface area contributed by atoms with E-state index in [0.29, 0.717) is 5.69 Å². The van der Waals surface area contributed by atoms with E-state index in [0.717, 1.165) is 49.1 Å². The average Bonchev–Trinajstić information content (AvgIpc) is 2.65. The topological polar surface area (TPSA) is 46.9 Å². The van der Waals surface area contributed by atoms with Crippen LogP contribution in [0.1, 0.15) is 51.0 Å². The zero-order chi connectivity index (χ0) is 18.6. The van der Waals surface area contributed by atoms with Gasteiger partial charge in [-0.25, -0.2) is 4.68 Å². The number of hydrogen-bond acceptors (Lipinski definition) is 3. The summed E-state index contributed by atoms with van der Waals surface area (Å²) in [5.74, 6) is 2.29. The summed E-state index contributed by atoms with van der Waals surface area (Å²) in [6.07, 6.45) is 10.0. The lowest BCUT2D eigenvalue weighted by Crippen LogP contribution is -2.55. The minimum absolute atomic E-state index is 0.100. The monoisotopic (exact) mass is 383 g/mol. The first-order chi connectivity index (χ1) is 13.1. The van der Waals surface area contributed by atoms with E-state index in [4.69, 9.17) is 11.6 Å². The maximum atomic E-state index is 13.1. The van der Waals surface area contributed by atoms with Crippen LogP contribution in [-0.4, -0.2) is 9.78 Å². The number of aryl methyl sites for hydroxylation is 1. The molecule has 0 saturated heterocycles. The van der Waals surface area contributed by atoms with E-state index in [1.807, 2.05) is 12.1 Å². The van der Waals surface area contributed by atoms with Crippen LogP contribution in [0.15, 0.2) is 35.3 Å². The Bertz CT molecular complexity index is 883. The highest BCUT2D eigenvalue weighted by atomic mass is 35.5. The molecule has 4 fully saturated rings. The van der Waals surface area contributed by atoms with E-state index in [-0.39, 0.29) is 16.1 Å². The molecule has 0 atom stereocenters. The van der Waals surface area contributed by atoms with E-state index in [2.05, 4.69) is 29.5 Å². The Morgan fingerprint density at radius 3 is 2.26 bits per heavy atom. The smallest absolute Gasteiger partial charge is 0.288 e. The maximum absolute atomic E-state index is 13.1. The number of rotatable bonds is 4. The van der Waals surface area contributed by atoms with Crippen LogP contribution in [0.3, 0.4) is 0 Å². The largest absolute Gasteiger partial charge is 0.353 e. The van der Waals surface area contributed by atoms with E-state index in [1.54, 1.807) is 10.9 Å². The van der Waals surface area contributed by atoms with Crippen molar-refractivity contribution in [2.45, 2.75) is 57.4 Å². The molecule has 5 heteroatoms. The molecule has 1 N–H and O–H groups in total. The summed E-state index contributed by atoms with van der Waals surface area (Å²) in [5.41, 5.74) is 2.54. The molecule has 4 bridgehead atoms. The molecule has 1 aromatic carbocycles. The van der Waals surface area contributed by atoms with Crippen molar-refractivity contribution in [1.29, 1.82) is 0 Å². The molecule has 4 aliphatic carbocycles. The number of nitrogens with one attached hydrogen (secondary N) is 1. The second-order valence-electron chi connectivity index (χ2n) is 8.91. The van der Waals surface area contributed by atoms with Crippen molar-refractivity contribution in [3.63, 3.8) is 0 Å². The van der Waals surface area contributed by atoms with E-state index >= 15 is 0 Å². The van der Waals surface area contributed by atoms with Crippen LogP contribution >= 0.6 is 11.6 Å². The van der Waals surface area contributed by atoms with Gasteiger partial charge in [0.1, 0.15) is 5.02 Å². The Morgan fingerprint density at radius 1 is 1.11 bits per heavy atom. The van der Waals surface area contributed by atoms with Gasteiger partial charge in [0.15, 0.2) is 0 Å². The van der Waals surface area contributed by atoms with Crippen LogP contribution in [-0.2, 0) is 12.0 Å². The molecule has 4 nitrogen and oxygen atoms in total. The molecule has 0 radical (unpaired) electrons. The Morgan fingerprint density at radius 2 is 1.70 bits per heavy atom. The molecule has 142 valence electrons. The van der Waals surface area contributed by atoms with E-state index < -0.39 is 0 Å². The molecular formula is C22H26ClN3O. The van der Waals surface area contributed by atoms with E-state index in [9.17, 15) is 4.79 Å². The fraction of sp³-hybridized carbons (Fsp3) is 0.545. The summed E-state index contributed by atoms with van der Waals surface area (Å²) in [6.45, 7) is 2.13. The molecular weight excluding hydrogens is 358 g/mol. The Kier molecular flexibility index (Phi) is 4.08. The number of benzene rings is 1. The van der Waals surface area contributed by atoms with Crippen LogP contribution in [0.5, 0.6) is 0 Å². The van der Waals surface area contributed by atoms with Crippen LogP contribution in [0.4, 0.5) is 11.4 Å². The molecule has 1 aromatic heterocycles. The predicted molar refractivity (Wildman–Crippen MR) is 109 cm³/mol. The van der Waals surface area contributed by atoms with Crippen molar-refractivity contribution >= 4 is 23.0 Å². The fourth-order valence-electron chi connectivity index (χ4n) is 6.16. The lowest BCUT2D eigenvalue weighted by atomic mass is 9.53. The van der Waals surface area contributed by atoms with Crippen molar-refractivity contribution < 1.29 is 0 Å². The first-order valence-corrected chi connectivity index (χ1v) is 10.6. The minimum atomic E-state index is -0.145. The van der Waals surface area contributed by atoms with Crippen molar-refractivity contribution in [2.75, 3.05) is 5.32 Å². The van der Waals surface area contributed by atoms with Gasteiger partial charge in [-0.2, -0.15) is 5.10 Å². The van der Waals surface area contributed by atoms with Gasteiger partial charge in [-0.15, -0.1) is 0 Å². The van der Waals surface area contributed by atoms with Crippen LogP contribution in [0.25, 0.3) is 0 Å². The number of hydrogen-bond donors (Lipinski definition) is 1. The van der Waals surface area contributed by atoms with Crippen LogP contribution < -0.4 is 10.9 Å². The molecule has 6 rings (SSSR count). The summed E-state index contributed by atoms with van der Waals surface area (Å²) in [7, 11) is 0. The third-order valence-corrected chi connectivity index (χ3v) is 7.38. The first kappa shape index (κ1) is 17.3. The summed E-state index contributed by atoms with van der Waals surface area (Å²) in [6, 6.07) is 8.19. The van der Waals surface area contributed by atoms with Gasteiger partial charge in [-0.05, 0) is 80.4 Å². The third-order valence-electron chi connectivity index (χ3n) is 7.02. The van der Waals surface area contributed by atoms with Gasteiger partial charge >= 0.3 is 0 Å². The zero-order valence-electron chi connectivity index (χ0n) is 15.7. The number of halogens is 1. The molecule has 0 amide bonds. The summed E-state index contributed by atoms with van der Waals surface area (Å²) >= 11 is 6.51. The normalized spacial score (nSPS) is 31.3. The summed E-state index contributed by atoms with van der Waals surface area (Å²) < 4.78 is 1.74. The van der Waals surface area contributed by atoms with Crippen molar-refractivity contribution in [3.8, 4) is 0 Å². The molecule has 4 aliphatic rings. The first-order valence-electron chi connectivity index (χ1n) is 10.2. The van der Waals surface area contributed by atoms with Crippen molar-refractivity contribution in [3.05, 3.63) is 51.4 Å². The van der Waals surface area contributed by atoms with Gasteiger partial charge in [-0.1, -0.05) is 30.7 Å². The molecule has 4 saturated carbocycles. The van der Waals surface area contributed by atoms with Gasteiger partial charge in [0.2, 0.25) is 0 Å². The molecule has 1 heterocycles. The average molecular weight is 384 g/mol. The van der Waals surface area contributed by atoms with Crippen molar-refractivity contribution in [1.82, 2.24) is 9.78 Å². The third kappa shape index (κ3) is 2.89. The van der Waals surface area contributed by atoms with Gasteiger partial charge in [-0.3, -0.25) is 4.79 Å². The Balaban J connectivity index is 1.46. The summed E-state index contributed by atoms with van der Waals surface area (Å²) in [4.78, 5) is 13.1. The quantitative estimate of drug-likeness (QED) is 0.796. The van der Waals surface area contributed by atoms with Crippen LogP contribution in [0, 0.1) is 17.8 Å². The SMILES string of the molecule is CCc1ccc(Nc2cnn(C34CC5CC(CC(C5)C3)C4)c(=O)c2Cl)cc1. The van der Waals surface area contributed by atoms with Gasteiger partial charge < -0.3 is 5.32 Å². The minimum Gasteiger partial charge on any atom is -0.353 e. The lowest BCUT2D eigenvalue weighted by molar-refractivity contribution is -0.0518. The highest BCUT2D eigenvalue weighted by Gasteiger charge is 2.53. The molecule has 27 heavy (non-hydrogen) atoms. The fourth-order valence-corrected chi connectivity index (χ4v) is 6.34. The number of nitrogens with zero attached hydrogens (tertiary/aromatic N) is 2. The second kappa shape index (κ2) is 6.37. The Hall–Kier alpha value is -1.81. The van der Waals surface area contributed by atoms with Gasteiger partial charge in [0, 0.05) is 5.69 Å². The van der Waals surface area contributed by atoms with E-state index in [1.165, 1.54) is 24.8 Å². The predicted octanol–water partition coefficient (Wildman–Crippen LogP) is 5.13. The number of anilines is 2. The maximum Gasteiger partial charge on any atom is 0.288 e. The second-order valence-corrected chi connectivity index (χ2v) is 9.28. The van der Waals surface area contributed by atoms with Gasteiger partial charge in [0.25, 0.3) is 5.56 Å². The highest BCUT2D eigenvalue weighted by molar-refractivity contribution is 6.33. The van der Waals surface area contributed by atoms with Gasteiger partial charge in [0.05, 0.1) is 17.4 Å². The highest BCUT2D eigenvalue weighted by Crippen LogP contribution is 2.58. The molecule has 2 aromatic rings. The molecule has 0 spiro atoms. The lowest BCUT2D eigenvalue weighted by Gasteiger charge is -2.56. The number of aromatic nitrogens is 2. The van der Waals surface area contributed by atoms with Crippen LogP contribution in [0.2, 0.25) is 5.02 Å². The van der Waals surface area contributed by atoms with Crippen molar-refractivity contribution in [2.24, 2.45) is 17.8 Å². The Labute approximate surface area is 164 Å². The zero-order valence-corrected chi connectivity index (χ0v) is 16.5. The summed E-state index contributed by atoms with van der Waals surface area (Å²) in [5, 5.41) is 8.12. The molecule has 0 aliphatic heterocycles.